The van der Waals surface area contributed by atoms with Crippen molar-refractivity contribution in [3.05, 3.63) is 39.9 Å². The minimum atomic E-state index is -0.545. The van der Waals surface area contributed by atoms with Crippen LogP contribution in [-0.4, -0.2) is 21.1 Å². The number of aromatic hydroxyl groups is 2. The second-order valence-corrected chi connectivity index (χ2v) is 6.55. The van der Waals surface area contributed by atoms with Gasteiger partial charge in [-0.15, -0.1) is 11.3 Å². The lowest BCUT2D eigenvalue weighted by molar-refractivity contribution is -0.112. The zero-order valence-corrected chi connectivity index (χ0v) is 13.6. The van der Waals surface area contributed by atoms with Crippen LogP contribution in [0.1, 0.15) is 29.0 Å². The maximum absolute atomic E-state index is 12.3. The molecule has 0 fully saturated rings. The average molecular weight is 341 g/mol. The molecule has 1 aliphatic rings. The van der Waals surface area contributed by atoms with Crippen molar-refractivity contribution in [2.45, 2.75) is 25.7 Å². The smallest absolute Gasteiger partial charge is 0.268 e. The predicted octanol–water partition coefficient (Wildman–Crippen LogP) is 2.98. The van der Waals surface area contributed by atoms with E-state index in [1.54, 1.807) is 0 Å². The van der Waals surface area contributed by atoms with Gasteiger partial charge in [0.2, 0.25) is 0 Å². The average Bonchev–Trinajstić information content (AvgIpc) is 2.97. The summed E-state index contributed by atoms with van der Waals surface area (Å²) in [5, 5.41) is 31.2. The molecule has 7 heteroatoms. The molecule has 0 bridgehead atoms. The van der Waals surface area contributed by atoms with E-state index in [0.29, 0.717) is 10.7 Å². The number of nitrogens with one attached hydrogen (secondary N) is 1. The van der Waals surface area contributed by atoms with Crippen LogP contribution in [0.2, 0.25) is 0 Å². The molecular formula is C17H15N3O3S. The zero-order chi connectivity index (χ0) is 17.1. The van der Waals surface area contributed by atoms with Gasteiger partial charge in [0, 0.05) is 4.88 Å². The van der Waals surface area contributed by atoms with Gasteiger partial charge in [0.25, 0.3) is 5.91 Å². The van der Waals surface area contributed by atoms with Crippen molar-refractivity contribution in [1.29, 1.82) is 5.26 Å². The van der Waals surface area contributed by atoms with Crippen LogP contribution in [0.3, 0.4) is 0 Å². The molecule has 1 amide bonds. The second kappa shape index (κ2) is 6.72. The molecule has 24 heavy (non-hydrogen) atoms. The number of anilines is 1. The summed E-state index contributed by atoms with van der Waals surface area (Å²) in [5.41, 5.74) is 1.37. The monoisotopic (exact) mass is 341 g/mol. The van der Waals surface area contributed by atoms with Crippen LogP contribution in [0.15, 0.2) is 23.8 Å². The van der Waals surface area contributed by atoms with Gasteiger partial charge >= 0.3 is 0 Å². The summed E-state index contributed by atoms with van der Waals surface area (Å²) in [7, 11) is 0. The van der Waals surface area contributed by atoms with Crippen molar-refractivity contribution in [3.8, 4) is 17.6 Å². The SMILES string of the molecule is N#C/C(=C\c1ccc(O)c(O)c1)C(=O)Nc1nc2c(s1)CCCC2. The largest absolute Gasteiger partial charge is 0.504 e. The maximum atomic E-state index is 12.3. The quantitative estimate of drug-likeness (QED) is 0.452. The van der Waals surface area contributed by atoms with E-state index in [9.17, 15) is 20.3 Å². The van der Waals surface area contributed by atoms with Crippen LogP contribution in [-0.2, 0) is 17.6 Å². The first-order chi connectivity index (χ1) is 11.6. The first-order valence-corrected chi connectivity index (χ1v) is 8.32. The molecule has 0 atom stereocenters. The van der Waals surface area contributed by atoms with Crippen LogP contribution in [0.4, 0.5) is 5.13 Å². The highest BCUT2D eigenvalue weighted by atomic mass is 32.1. The number of aromatic nitrogens is 1. The van der Waals surface area contributed by atoms with Gasteiger partial charge in [0.1, 0.15) is 11.6 Å². The normalized spacial score (nSPS) is 13.9. The number of carbonyl (C=O) groups is 1. The van der Waals surface area contributed by atoms with Gasteiger partial charge in [-0.05, 0) is 49.5 Å². The van der Waals surface area contributed by atoms with Gasteiger partial charge < -0.3 is 10.2 Å². The highest BCUT2D eigenvalue weighted by Crippen LogP contribution is 2.30. The number of rotatable bonds is 3. The second-order valence-electron chi connectivity index (χ2n) is 5.47. The van der Waals surface area contributed by atoms with E-state index < -0.39 is 5.91 Å². The van der Waals surface area contributed by atoms with Crippen LogP contribution >= 0.6 is 11.3 Å². The molecule has 0 aliphatic heterocycles. The molecule has 1 aromatic heterocycles. The first-order valence-electron chi connectivity index (χ1n) is 7.50. The lowest BCUT2D eigenvalue weighted by atomic mass is 10.0. The molecule has 0 saturated heterocycles. The Labute approximate surface area is 142 Å². The zero-order valence-electron chi connectivity index (χ0n) is 12.7. The minimum Gasteiger partial charge on any atom is -0.504 e. The minimum absolute atomic E-state index is 0.103. The van der Waals surface area contributed by atoms with Gasteiger partial charge in [-0.2, -0.15) is 5.26 Å². The van der Waals surface area contributed by atoms with Gasteiger partial charge in [0.05, 0.1) is 5.69 Å². The number of nitrogens with zero attached hydrogens (tertiary/aromatic N) is 2. The number of phenolic OH excluding ortho intramolecular Hbond substituents is 2. The molecule has 0 saturated carbocycles. The molecule has 1 aromatic carbocycles. The number of fused-ring (bicyclic) bond motifs is 1. The summed E-state index contributed by atoms with van der Waals surface area (Å²) in [6.07, 6.45) is 5.50. The Balaban J connectivity index is 1.79. The third-order valence-corrected chi connectivity index (χ3v) is 4.81. The fourth-order valence-corrected chi connectivity index (χ4v) is 3.56. The van der Waals surface area contributed by atoms with E-state index in [4.69, 9.17) is 0 Å². The molecule has 122 valence electrons. The van der Waals surface area contributed by atoms with Crippen LogP contribution in [0.5, 0.6) is 11.5 Å². The van der Waals surface area contributed by atoms with Crippen LogP contribution < -0.4 is 5.32 Å². The lowest BCUT2D eigenvalue weighted by Crippen LogP contribution is -2.13. The number of thiazole rings is 1. The van der Waals surface area contributed by atoms with Gasteiger partial charge in [-0.3, -0.25) is 10.1 Å². The van der Waals surface area contributed by atoms with Crippen molar-refractivity contribution >= 4 is 28.5 Å². The van der Waals surface area contributed by atoms with E-state index in [0.717, 1.165) is 31.4 Å². The number of hydrogen-bond donors (Lipinski definition) is 3. The van der Waals surface area contributed by atoms with E-state index in [1.165, 1.54) is 40.5 Å². The molecular weight excluding hydrogens is 326 g/mol. The van der Waals surface area contributed by atoms with E-state index in [2.05, 4.69) is 10.3 Å². The summed E-state index contributed by atoms with van der Waals surface area (Å²) < 4.78 is 0. The molecule has 2 aromatic rings. The Bertz CT molecular complexity index is 841. The summed E-state index contributed by atoms with van der Waals surface area (Å²) in [6, 6.07) is 5.92. The Morgan fingerprint density at radius 3 is 2.79 bits per heavy atom. The van der Waals surface area contributed by atoms with Crippen molar-refractivity contribution in [2.75, 3.05) is 5.32 Å². The standard InChI is InChI=1S/C17H15N3O3S/c18-9-11(7-10-5-6-13(21)14(22)8-10)16(23)20-17-19-12-3-1-2-4-15(12)24-17/h5-8,21-22H,1-4H2,(H,19,20,23)/b11-7+. The maximum Gasteiger partial charge on any atom is 0.268 e. The topological polar surface area (TPSA) is 106 Å². The summed E-state index contributed by atoms with van der Waals surface area (Å²) in [5.74, 6) is -1.12. The third kappa shape index (κ3) is 3.39. The van der Waals surface area contributed by atoms with Gasteiger partial charge in [-0.1, -0.05) is 6.07 Å². The Kier molecular flexibility index (Phi) is 4.49. The number of aryl methyl sites for hydroxylation is 2. The molecule has 0 unspecified atom stereocenters. The van der Waals surface area contributed by atoms with Crippen molar-refractivity contribution in [3.63, 3.8) is 0 Å². The van der Waals surface area contributed by atoms with E-state index in [-0.39, 0.29) is 17.1 Å². The fraction of sp³-hybridized carbons (Fsp3) is 0.235. The Hall–Kier alpha value is -2.85. The van der Waals surface area contributed by atoms with E-state index in [1.807, 2.05) is 6.07 Å². The highest BCUT2D eigenvalue weighted by molar-refractivity contribution is 7.15. The molecule has 3 N–H and O–H groups in total. The number of hydrogen-bond acceptors (Lipinski definition) is 6. The number of amides is 1. The van der Waals surface area contributed by atoms with Crippen molar-refractivity contribution < 1.29 is 15.0 Å². The number of phenols is 2. The summed E-state index contributed by atoms with van der Waals surface area (Å²) in [4.78, 5) is 17.9. The summed E-state index contributed by atoms with van der Waals surface area (Å²) in [6.45, 7) is 0. The lowest BCUT2D eigenvalue weighted by Gasteiger charge is -2.06. The first kappa shape index (κ1) is 16.0. The van der Waals surface area contributed by atoms with E-state index >= 15 is 0 Å². The molecule has 1 aliphatic carbocycles. The predicted molar refractivity (Wildman–Crippen MR) is 90.7 cm³/mol. The van der Waals surface area contributed by atoms with Crippen LogP contribution in [0.25, 0.3) is 6.08 Å². The van der Waals surface area contributed by atoms with Gasteiger partial charge in [-0.25, -0.2) is 4.98 Å². The third-order valence-electron chi connectivity index (χ3n) is 3.74. The molecule has 1 heterocycles. The van der Waals surface area contributed by atoms with Crippen molar-refractivity contribution in [2.24, 2.45) is 0 Å². The molecule has 0 spiro atoms. The number of nitriles is 1. The van der Waals surface area contributed by atoms with Gasteiger partial charge in [0.15, 0.2) is 16.6 Å². The highest BCUT2D eigenvalue weighted by Gasteiger charge is 2.17. The van der Waals surface area contributed by atoms with Crippen molar-refractivity contribution in [1.82, 2.24) is 4.98 Å². The fourth-order valence-electron chi connectivity index (χ4n) is 2.52. The molecule has 6 nitrogen and oxygen atoms in total. The van der Waals surface area contributed by atoms with Crippen LogP contribution in [0, 0.1) is 11.3 Å². The molecule has 3 rings (SSSR count). The molecule has 0 radical (unpaired) electrons. The summed E-state index contributed by atoms with van der Waals surface area (Å²) >= 11 is 1.45. The number of benzene rings is 1. The number of carbonyl (C=O) groups excluding carboxylic acids is 1. The Morgan fingerprint density at radius 2 is 2.08 bits per heavy atom. The Morgan fingerprint density at radius 1 is 1.29 bits per heavy atom.